The number of aromatic nitrogens is 3. The molecule has 1 N–H and O–H groups in total. The first-order chi connectivity index (χ1) is 15.6. The lowest BCUT2D eigenvalue weighted by atomic mass is 10.2. The summed E-state index contributed by atoms with van der Waals surface area (Å²) in [4.78, 5) is 14.7. The van der Waals surface area contributed by atoms with Crippen LogP contribution in [0.2, 0.25) is 5.02 Å². The fourth-order valence-corrected chi connectivity index (χ4v) is 4.46. The lowest BCUT2D eigenvalue weighted by Crippen LogP contribution is -2.47. The van der Waals surface area contributed by atoms with Crippen LogP contribution in [0.3, 0.4) is 0 Å². The average Bonchev–Trinajstić information content (AvgIpc) is 3.18. The lowest BCUT2D eigenvalue weighted by Gasteiger charge is -2.33. The van der Waals surface area contributed by atoms with E-state index in [1.165, 1.54) is 17.3 Å². The van der Waals surface area contributed by atoms with Gasteiger partial charge in [-0.05, 0) is 29.8 Å². The van der Waals surface area contributed by atoms with Crippen LogP contribution in [0.25, 0.3) is 11.4 Å². The van der Waals surface area contributed by atoms with E-state index in [-0.39, 0.29) is 17.8 Å². The van der Waals surface area contributed by atoms with Crippen molar-refractivity contribution in [1.82, 2.24) is 25.0 Å². The highest BCUT2D eigenvalue weighted by atomic mass is 35.5. The molecule has 1 saturated heterocycles. The Bertz CT molecular complexity index is 1030. The van der Waals surface area contributed by atoms with Gasteiger partial charge >= 0.3 is 0 Å². The molecule has 1 fully saturated rings. The van der Waals surface area contributed by atoms with Crippen molar-refractivity contribution in [3.8, 4) is 11.4 Å². The molecule has 0 spiro atoms. The van der Waals surface area contributed by atoms with E-state index in [0.29, 0.717) is 23.3 Å². The van der Waals surface area contributed by atoms with Crippen LogP contribution < -0.4 is 5.32 Å². The van der Waals surface area contributed by atoms with Crippen LogP contribution in [-0.2, 0) is 23.1 Å². The van der Waals surface area contributed by atoms with Crippen LogP contribution in [0.4, 0.5) is 0 Å². The second-order valence-corrected chi connectivity index (χ2v) is 9.06. The number of carbonyl (C=O) groups is 1. The molecule has 0 saturated carbocycles. The molecule has 1 unspecified atom stereocenters. The van der Waals surface area contributed by atoms with Gasteiger partial charge in [0.15, 0.2) is 11.0 Å². The summed E-state index contributed by atoms with van der Waals surface area (Å²) < 4.78 is 7.72. The first-order valence-electron chi connectivity index (χ1n) is 10.5. The van der Waals surface area contributed by atoms with Crippen molar-refractivity contribution in [3.05, 3.63) is 65.2 Å². The molecule has 7 nitrogen and oxygen atoms in total. The van der Waals surface area contributed by atoms with E-state index >= 15 is 0 Å². The van der Waals surface area contributed by atoms with E-state index in [9.17, 15) is 4.79 Å². The zero-order valence-corrected chi connectivity index (χ0v) is 19.5. The maximum atomic E-state index is 12.4. The van der Waals surface area contributed by atoms with E-state index in [0.717, 1.165) is 31.0 Å². The van der Waals surface area contributed by atoms with Gasteiger partial charge in [-0.1, -0.05) is 53.7 Å². The molecule has 0 bridgehead atoms. The van der Waals surface area contributed by atoms with Gasteiger partial charge in [-0.25, -0.2) is 0 Å². The molecule has 168 valence electrons. The first kappa shape index (κ1) is 22.8. The summed E-state index contributed by atoms with van der Waals surface area (Å²) in [6.45, 7) is 3.77. The highest BCUT2D eigenvalue weighted by Crippen LogP contribution is 2.23. The number of hydrogen-bond acceptors (Lipinski definition) is 6. The van der Waals surface area contributed by atoms with Crippen LogP contribution in [0.15, 0.2) is 59.8 Å². The van der Waals surface area contributed by atoms with Crippen LogP contribution in [0, 0.1) is 0 Å². The Balaban J connectivity index is 1.23. The minimum Gasteiger partial charge on any atom is -0.374 e. The Morgan fingerprint density at radius 2 is 1.97 bits per heavy atom. The zero-order chi connectivity index (χ0) is 22.3. The molecule has 1 aliphatic rings. The Kier molecular flexibility index (Phi) is 7.81. The van der Waals surface area contributed by atoms with Gasteiger partial charge in [0, 0.05) is 43.8 Å². The van der Waals surface area contributed by atoms with Crippen molar-refractivity contribution in [2.24, 2.45) is 7.05 Å². The van der Waals surface area contributed by atoms with Gasteiger partial charge in [-0.15, -0.1) is 10.2 Å². The predicted molar refractivity (Wildman–Crippen MR) is 127 cm³/mol. The molecule has 2 aromatic carbocycles. The molecule has 2 heterocycles. The summed E-state index contributed by atoms with van der Waals surface area (Å²) in [5, 5.41) is 12.8. The number of ether oxygens (including phenoxy) is 1. The molecular weight excluding hydrogens is 446 g/mol. The summed E-state index contributed by atoms with van der Waals surface area (Å²) in [7, 11) is 1.89. The minimum absolute atomic E-state index is 0.00672. The van der Waals surface area contributed by atoms with Crippen molar-refractivity contribution >= 4 is 29.3 Å². The third-order valence-corrected chi connectivity index (χ3v) is 6.54. The third-order valence-electron chi connectivity index (χ3n) is 5.27. The quantitative estimate of drug-likeness (QED) is 0.508. The number of morpholine rings is 1. The highest BCUT2D eigenvalue weighted by molar-refractivity contribution is 7.99. The maximum absolute atomic E-state index is 12.4. The number of rotatable bonds is 8. The summed E-state index contributed by atoms with van der Waals surface area (Å²) in [5.74, 6) is 0.959. The monoisotopic (exact) mass is 471 g/mol. The summed E-state index contributed by atoms with van der Waals surface area (Å²) in [6, 6.07) is 17.8. The minimum atomic E-state index is -0.0465. The normalized spacial score (nSPS) is 16.8. The number of nitrogens with zero attached hydrogens (tertiary/aromatic N) is 4. The molecule has 1 atom stereocenters. The van der Waals surface area contributed by atoms with E-state index < -0.39 is 0 Å². The Labute approximate surface area is 197 Å². The van der Waals surface area contributed by atoms with Gasteiger partial charge in [-0.2, -0.15) is 0 Å². The topological polar surface area (TPSA) is 72.3 Å². The SMILES string of the molecule is Cn1c(SCC(=O)NCC2CN(Cc3ccccc3)CCO2)nnc1-c1ccc(Cl)cc1. The Morgan fingerprint density at radius 3 is 2.75 bits per heavy atom. The van der Waals surface area contributed by atoms with E-state index in [4.69, 9.17) is 16.3 Å². The summed E-state index contributed by atoms with van der Waals surface area (Å²) in [5.41, 5.74) is 2.21. The number of halogens is 1. The van der Waals surface area contributed by atoms with E-state index in [2.05, 4.69) is 44.7 Å². The second-order valence-electron chi connectivity index (χ2n) is 7.68. The van der Waals surface area contributed by atoms with Crippen molar-refractivity contribution < 1.29 is 9.53 Å². The van der Waals surface area contributed by atoms with Crippen LogP contribution in [-0.4, -0.2) is 63.7 Å². The maximum Gasteiger partial charge on any atom is 0.230 e. The summed E-state index contributed by atoms with van der Waals surface area (Å²) in [6.07, 6.45) is -0.00672. The van der Waals surface area contributed by atoms with E-state index in [1.54, 1.807) is 0 Å². The molecule has 0 radical (unpaired) electrons. The van der Waals surface area contributed by atoms with Crippen molar-refractivity contribution in [3.63, 3.8) is 0 Å². The van der Waals surface area contributed by atoms with Crippen molar-refractivity contribution in [2.75, 3.05) is 32.0 Å². The molecule has 1 aromatic heterocycles. The number of thioether (sulfide) groups is 1. The van der Waals surface area contributed by atoms with Gasteiger partial charge < -0.3 is 14.6 Å². The highest BCUT2D eigenvalue weighted by Gasteiger charge is 2.21. The number of carbonyl (C=O) groups excluding carboxylic acids is 1. The fraction of sp³-hybridized carbons (Fsp3) is 0.348. The van der Waals surface area contributed by atoms with Gasteiger partial charge in [0.05, 0.1) is 18.5 Å². The zero-order valence-electron chi connectivity index (χ0n) is 17.9. The Hall–Kier alpha value is -2.39. The average molecular weight is 472 g/mol. The van der Waals surface area contributed by atoms with Crippen LogP contribution >= 0.6 is 23.4 Å². The number of benzene rings is 2. The van der Waals surface area contributed by atoms with Gasteiger partial charge in [0.2, 0.25) is 5.91 Å². The second kappa shape index (κ2) is 11.0. The third kappa shape index (κ3) is 6.10. The fourth-order valence-electron chi connectivity index (χ4n) is 3.59. The molecule has 1 aliphatic heterocycles. The van der Waals surface area contributed by atoms with E-state index in [1.807, 2.05) is 41.9 Å². The molecular formula is C23H26ClN5O2S. The van der Waals surface area contributed by atoms with Crippen LogP contribution in [0.5, 0.6) is 0 Å². The lowest BCUT2D eigenvalue weighted by molar-refractivity contribution is -0.119. The van der Waals surface area contributed by atoms with Crippen LogP contribution in [0.1, 0.15) is 5.56 Å². The van der Waals surface area contributed by atoms with Gasteiger partial charge in [-0.3, -0.25) is 9.69 Å². The number of nitrogens with one attached hydrogen (secondary N) is 1. The molecule has 9 heteroatoms. The number of hydrogen-bond donors (Lipinski definition) is 1. The van der Waals surface area contributed by atoms with Crippen molar-refractivity contribution in [1.29, 1.82) is 0 Å². The summed E-state index contributed by atoms with van der Waals surface area (Å²) >= 11 is 7.32. The molecule has 4 rings (SSSR count). The Morgan fingerprint density at radius 1 is 1.19 bits per heavy atom. The van der Waals surface area contributed by atoms with Crippen molar-refractivity contribution in [2.45, 2.75) is 17.8 Å². The molecule has 32 heavy (non-hydrogen) atoms. The predicted octanol–water partition coefficient (Wildman–Crippen LogP) is 3.24. The largest absolute Gasteiger partial charge is 0.374 e. The van der Waals surface area contributed by atoms with Gasteiger partial charge in [0.25, 0.3) is 0 Å². The molecule has 1 amide bonds. The molecule has 3 aromatic rings. The standard InChI is InChI=1S/C23H26ClN5O2S/c1-28-22(18-7-9-19(24)10-8-18)26-27-23(28)32-16-21(30)25-13-20-15-29(11-12-31-20)14-17-5-3-2-4-6-17/h2-10,20H,11-16H2,1H3,(H,25,30). The smallest absolute Gasteiger partial charge is 0.230 e. The first-order valence-corrected chi connectivity index (χ1v) is 11.9. The molecule has 0 aliphatic carbocycles. The van der Waals surface area contributed by atoms with Gasteiger partial charge in [0.1, 0.15) is 0 Å². The number of amides is 1.